The second-order valence-electron chi connectivity index (χ2n) is 7.10. The molecule has 2 N–H and O–H groups in total. The number of carbonyl (C=O) groups is 1. The van der Waals surface area contributed by atoms with E-state index in [0.717, 1.165) is 34.0 Å². The molecule has 0 aliphatic carbocycles. The van der Waals surface area contributed by atoms with Crippen LogP contribution in [0.2, 0.25) is 0 Å². The van der Waals surface area contributed by atoms with Crippen molar-refractivity contribution in [2.45, 2.75) is 20.0 Å². The van der Waals surface area contributed by atoms with Gasteiger partial charge in [-0.05, 0) is 24.6 Å². The summed E-state index contributed by atoms with van der Waals surface area (Å²) in [7, 11) is 1.90. The van der Waals surface area contributed by atoms with Crippen LogP contribution in [0.15, 0.2) is 42.7 Å². The third-order valence-electron chi connectivity index (χ3n) is 4.82. The summed E-state index contributed by atoms with van der Waals surface area (Å²) in [6, 6.07) is 11.6. The summed E-state index contributed by atoms with van der Waals surface area (Å²) in [4.78, 5) is 18.2. The van der Waals surface area contributed by atoms with Crippen LogP contribution < -0.4 is 15.5 Å². The third-order valence-corrected chi connectivity index (χ3v) is 4.82. The molecule has 1 amide bonds. The first-order chi connectivity index (χ1) is 14.0. The van der Waals surface area contributed by atoms with Gasteiger partial charge in [0.25, 0.3) is 0 Å². The van der Waals surface area contributed by atoms with Gasteiger partial charge >= 0.3 is 0 Å². The number of benzene rings is 1. The average Bonchev–Trinajstić information content (AvgIpc) is 3.15. The molecule has 1 aliphatic rings. The van der Waals surface area contributed by atoms with Crippen LogP contribution >= 0.6 is 0 Å². The maximum absolute atomic E-state index is 11.7. The Bertz CT molecular complexity index is 1100. The number of hydrogen-bond donors (Lipinski definition) is 2. The molecule has 3 heterocycles. The average molecular weight is 387 g/mol. The molecule has 8 nitrogen and oxygen atoms in total. The van der Waals surface area contributed by atoms with E-state index >= 15 is 0 Å². The maximum Gasteiger partial charge on any atom is 0.243 e. The van der Waals surface area contributed by atoms with E-state index in [-0.39, 0.29) is 5.91 Å². The molecule has 3 aromatic rings. The Morgan fingerprint density at radius 2 is 2.07 bits per heavy atom. The maximum atomic E-state index is 11.7. The summed E-state index contributed by atoms with van der Waals surface area (Å²) in [5.41, 5.74) is 5.28. The van der Waals surface area contributed by atoms with Crippen LogP contribution in [0.1, 0.15) is 22.4 Å². The zero-order valence-corrected chi connectivity index (χ0v) is 16.3. The predicted octanol–water partition coefficient (Wildman–Crippen LogP) is 2.51. The highest BCUT2D eigenvalue weighted by atomic mass is 16.2. The molecule has 0 spiro atoms. The van der Waals surface area contributed by atoms with Crippen LogP contribution in [0.4, 0.5) is 17.2 Å². The van der Waals surface area contributed by atoms with Crippen molar-refractivity contribution in [2.75, 3.05) is 29.1 Å². The molecule has 0 unspecified atom stereocenters. The van der Waals surface area contributed by atoms with Gasteiger partial charge in [-0.2, -0.15) is 10.4 Å². The lowest BCUT2D eigenvalue weighted by Gasteiger charge is -2.28. The fourth-order valence-corrected chi connectivity index (χ4v) is 3.33. The molecule has 29 heavy (non-hydrogen) atoms. The number of aromatic nitrogens is 3. The van der Waals surface area contributed by atoms with Crippen LogP contribution in [0.3, 0.4) is 0 Å². The van der Waals surface area contributed by atoms with Gasteiger partial charge in [-0.25, -0.2) is 4.98 Å². The van der Waals surface area contributed by atoms with Crippen molar-refractivity contribution in [2.24, 2.45) is 0 Å². The smallest absolute Gasteiger partial charge is 0.243 e. The Balaban J connectivity index is 1.42. The minimum absolute atomic E-state index is 0.0275. The standard InChI is InChI=1S/C21H21N7O/c1-14-21-18(27(2)13-20(29)26-21)7-19(25-14)23-9-17-10-24-28(12-17)11-16-5-3-15(8-22)4-6-16/h3-7,10,12H,9,11,13H2,1-2H3,(H,23,25)(H,26,29). The molecule has 1 aromatic carbocycles. The number of aryl methyl sites for hydroxylation is 1. The Morgan fingerprint density at radius 3 is 2.83 bits per heavy atom. The van der Waals surface area contributed by atoms with Gasteiger partial charge < -0.3 is 15.5 Å². The van der Waals surface area contributed by atoms with Crippen molar-refractivity contribution in [3.05, 3.63) is 65.1 Å². The summed E-state index contributed by atoms with van der Waals surface area (Å²) in [5.74, 6) is 0.726. The number of nitriles is 1. The number of anilines is 3. The first-order valence-corrected chi connectivity index (χ1v) is 9.28. The highest BCUT2D eigenvalue weighted by molar-refractivity contribution is 6.02. The van der Waals surface area contributed by atoms with Gasteiger partial charge in [0.2, 0.25) is 5.91 Å². The van der Waals surface area contributed by atoms with Gasteiger partial charge in [-0.15, -0.1) is 0 Å². The molecule has 146 valence electrons. The van der Waals surface area contributed by atoms with E-state index in [1.807, 2.05) is 66.3 Å². The monoisotopic (exact) mass is 387 g/mol. The molecule has 0 fully saturated rings. The van der Waals surface area contributed by atoms with E-state index in [4.69, 9.17) is 5.26 Å². The molecule has 2 aromatic heterocycles. The lowest BCUT2D eigenvalue weighted by atomic mass is 10.1. The minimum atomic E-state index is -0.0275. The first kappa shape index (κ1) is 18.5. The topological polar surface area (TPSA) is 98.9 Å². The molecule has 0 radical (unpaired) electrons. The molecular weight excluding hydrogens is 366 g/mol. The summed E-state index contributed by atoms with van der Waals surface area (Å²) < 4.78 is 1.87. The van der Waals surface area contributed by atoms with Gasteiger partial charge in [0.05, 0.1) is 48.0 Å². The Labute approximate surface area is 168 Å². The number of nitrogens with one attached hydrogen (secondary N) is 2. The minimum Gasteiger partial charge on any atom is -0.366 e. The van der Waals surface area contributed by atoms with E-state index in [9.17, 15) is 4.79 Å². The second-order valence-corrected chi connectivity index (χ2v) is 7.10. The molecule has 0 bridgehead atoms. The molecule has 8 heteroatoms. The molecule has 0 saturated carbocycles. The number of pyridine rings is 1. The Morgan fingerprint density at radius 1 is 1.28 bits per heavy atom. The van der Waals surface area contributed by atoms with Crippen molar-refractivity contribution in [1.29, 1.82) is 5.26 Å². The normalized spacial score (nSPS) is 12.9. The number of amides is 1. The van der Waals surface area contributed by atoms with Crippen molar-refractivity contribution < 1.29 is 4.79 Å². The van der Waals surface area contributed by atoms with E-state index in [1.54, 1.807) is 0 Å². The largest absolute Gasteiger partial charge is 0.366 e. The van der Waals surface area contributed by atoms with Crippen LogP contribution in [0.5, 0.6) is 0 Å². The van der Waals surface area contributed by atoms with Crippen LogP contribution in [-0.2, 0) is 17.9 Å². The number of carbonyl (C=O) groups excluding carboxylic acids is 1. The predicted molar refractivity (Wildman–Crippen MR) is 111 cm³/mol. The fraction of sp³-hybridized carbons (Fsp3) is 0.238. The summed E-state index contributed by atoms with van der Waals surface area (Å²) in [6.45, 7) is 3.46. The van der Waals surface area contributed by atoms with Crippen LogP contribution in [-0.4, -0.2) is 34.3 Å². The Kier molecular flexibility index (Phi) is 4.87. The fourth-order valence-electron chi connectivity index (χ4n) is 3.33. The van der Waals surface area contributed by atoms with E-state index < -0.39 is 0 Å². The lowest BCUT2D eigenvalue weighted by molar-refractivity contribution is -0.115. The lowest BCUT2D eigenvalue weighted by Crippen LogP contribution is -2.36. The van der Waals surface area contributed by atoms with Crippen molar-refractivity contribution in [1.82, 2.24) is 14.8 Å². The summed E-state index contributed by atoms with van der Waals surface area (Å²) >= 11 is 0. The van der Waals surface area contributed by atoms with E-state index in [1.165, 1.54) is 0 Å². The van der Waals surface area contributed by atoms with Gasteiger partial charge in [0.15, 0.2) is 0 Å². The second kappa shape index (κ2) is 7.64. The van der Waals surface area contributed by atoms with Crippen molar-refractivity contribution in [3.63, 3.8) is 0 Å². The van der Waals surface area contributed by atoms with Gasteiger partial charge in [0.1, 0.15) is 5.82 Å². The highest BCUT2D eigenvalue weighted by Crippen LogP contribution is 2.32. The molecule has 0 saturated heterocycles. The first-order valence-electron chi connectivity index (χ1n) is 9.28. The van der Waals surface area contributed by atoms with Crippen molar-refractivity contribution in [3.8, 4) is 6.07 Å². The zero-order valence-electron chi connectivity index (χ0n) is 16.3. The van der Waals surface area contributed by atoms with Gasteiger partial charge in [-0.1, -0.05) is 12.1 Å². The number of nitrogens with zero attached hydrogens (tertiary/aromatic N) is 5. The van der Waals surface area contributed by atoms with E-state index in [0.29, 0.717) is 25.2 Å². The van der Waals surface area contributed by atoms with Crippen LogP contribution in [0.25, 0.3) is 0 Å². The van der Waals surface area contributed by atoms with E-state index in [2.05, 4.69) is 26.8 Å². The SMILES string of the molecule is Cc1nc(NCc2cnn(Cc3ccc(C#N)cc3)c2)cc2c1NC(=O)CN2C. The number of fused-ring (bicyclic) bond motifs is 1. The molecule has 0 atom stereocenters. The third kappa shape index (κ3) is 4.04. The molecule has 4 rings (SSSR count). The highest BCUT2D eigenvalue weighted by Gasteiger charge is 2.22. The van der Waals surface area contributed by atoms with Gasteiger partial charge in [-0.3, -0.25) is 9.48 Å². The number of hydrogen-bond acceptors (Lipinski definition) is 6. The number of rotatable bonds is 5. The summed E-state index contributed by atoms with van der Waals surface area (Å²) in [6.07, 6.45) is 3.82. The number of likely N-dealkylation sites (N-methyl/N-ethyl adjacent to an activating group) is 1. The quantitative estimate of drug-likeness (QED) is 0.698. The summed E-state index contributed by atoms with van der Waals surface area (Å²) in [5, 5.41) is 19.5. The van der Waals surface area contributed by atoms with Crippen molar-refractivity contribution >= 4 is 23.1 Å². The zero-order chi connectivity index (χ0) is 20.4. The van der Waals surface area contributed by atoms with Gasteiger partial charge in [0, 0.05) is 31.4 Å². The van der Waals surface area contributed by atoms with Crippen LogP contribution in [0, 0.1) is 18.3 Å². The Hall–Kier alpha value is -3.86. The molecular formula is C21H21N7O. The molecule has 1 aliphatic heterocycles.